The van der Waals surface area contributed by atoms with Gasteiger partial charge in [0.25, 0.3) is 0 Å². The Morgan fingerprint density at radius 3 is 2.81 bits per heavy atom. The summed E-state index contributed by atoms with van der Waals surface area (Å²) < 4.78 is 0. The summed E-state index contributed by atoms with van der Waals surface area (Å²) in [7, 11) is 0. The average molecular weight is 220 g/mol. The molecule has 1 saturated heterocycles. The molecule has 3 N–H and O–H groups in total. The minimum absolute atomic E-state index is 0.563. The van der Waals surface area contributed by atoms with Crippen molar-refractivity contribution in [2.45, 2.75) is 32.3 Å². The number of benzene rings is 1. The van der Waals surface area contributed by atoms with E-state index in [4.69, 9.17) is 5.73 Å². The topological polar surface area (TPSA) is 49.5 Å². The van der Waals surface area contributed by atoms with E-state index in [1.807, 2.05) is 25.1 Å². The molecule has 88 valence electrons. The fourth-order valence-electron chi connectivity index (χ4n) is 2.46. The van der Waals surface area contributed by atoms with Gasteiger partial charge in [-0.2, -0.15) is 0 Å². The molecule has 16 heavy (non-hydrogen) atoms. The van der Waals surface area contributed by atoms with Crippen LogP contribution in [0.2, 0.25) is 0 Å². The molecule has 1 aromatic carbocycles. The first-order valence-electron chi connectivity index (χ1n) is 5.81. The van der Waals surface area contributed by atoms with E-state index in [9.17, 15) is 5.11 Å². The van der Waals surface area contributed by atoms with E-state index in [1.54, 1.807) is 0 Å². The highest BCUT2D eigenvalue weighted by Crippen LogP contribution is 2.28. The molecule has 3 nitrogen and oxygen atoms in total. The molecule has 1 aliphatic rings. The molecule has 1 atom stereocenters. The van der Waals surface area contributed by atoms with Gasteiger partial charge in [-0.3, -0.25) is 0 Å². The van der Waals surface area contributed by atoms with Crippen molar-refractivity contribution in [1.82, 2.24) is 0 Å². The van der Waals surface area contributed by atoms with Crippen LogP contribution in [0.1, 0.15) is 25.3 Å². The molecule has 1 unspecified atom stereocenters. The average Bonchev–Trinajstić information content (AvgIpc) is 2.15. The lowest BCUT2D eigenvalue weighted by molar-refractivity contribution is 0.0449. The number of aryl methyl sites for hydroxylation is 1. The molecule has 0 spiro atoms. The van der Waals surface area contributed by atoms with Crippen molar-refractivity contribution in [3.05, 3.63) is 23.8 Å². The van der Waals surface area contributed by atoms with Gasteiger partial charge in [0, 0.05) is 24.5 Å². The highest BCUT2D eigenvalue weighted by Gasteiger charge is 2.28. The zero-order valence-electron chi connectivity index (χ0n) is 10.0. The standard InChI is InChI=1S/C13H20N2O/c1-10-8-11(14)4-5-12(10)15-7-3-6-13(2,16)9-15/h4-5,8,16H,3,6-7,9,14H2,1-2H3. The monoisotopic (exact) mass is 220 g/mol. The molecule has 3 heteroatoms. The molecule has 0 radical (unpaired) electrons. The number of β-amino-alcohol motifs (C(OH)–C–C–N with tert-alkyl or cyclic N) is 1. The number of nitrogens with zero attached hydrogens (tertiary/aromatic N) is 1. The number of piperidine rings is 1. The third-order valence-corrected chi connectivity index (χ3v) is 3.24. The largest absolute Gasteiger partial charge is 0.399 e. The Bertz CT molecular complexity index is 388. The Labute approximate surface area is 96.9 Å². The Balaban J connectivity index is 2.23. The summed E-state index contributed by atoms with van der Waals surface area (Å²) in [4.78, 5) is 2.25. The molecular formula is C13H20N2O. The number of hydrogen-bond donors (Lipinski definition) is 2. The molecule has 0 amide bonds. The number of anilines is 2. The second kappa shape index (κ2) is 3.98. The second-order valence-corrected chi connectivity index (χ2v) is 5.07. The number of nitrogen functional groups attached to an aromatic ring is 1. The van der Waals surface area contributed by atoms with Crippen molar-refractivity contribution >= 4 is 11.4 Å². The molecule has 1 aromatic rings. The van der Waals surface area contributed by atoms with Gasteiger partial charge in [-0.15, -0.1) is 0 Å². The fourth-order valence-corrected chi connectivity index (χ4v) is 2.46. The van der Waals surface area contributed by atoms with Crippen molar-refractivity contribution in [2.75, 3.05) is 23.7 Å². The van der Waals surface area contributed by atoms with Crippen LogP contribution in [-0.4, -0.2) is 23.8 Å². The van der Waals surface area contributed by atoms with Gasteiger partial charge in [0.15, 0.2) is 0 Å². The summed E-state index contributed by atoms with van der Waals surface area (Å²) in [5, 5.41) is 10.1. The van der Waals surface area contributed by atoms with Crippen LogP contribution in [0.4, 0.5) is 11.4 Å². The summed E-state index contributed by atoms with van der Waals surface area (Å²) in [5.41, 5.74) is 8.34. The number of nitrogens with two attached hydrogens (primary N) is 1. The lowest BCUT2D eigenvalue weighted by Crippen LogP contribution is -2.46. The molecule has 1 fully saturated rings. The van der Waals surface area contributed by atoms with E-state index >= 15 is 0 Å². The fraction of sp³-hybridized carbons (Fsp3) is 0.538. The van der Waals surface area contributed by atoms with Gasteiger partial charge in [-0.25, -0.2) is 0 Å². The number of rotatable bonds is 1. The van der Waals surface area contributed by atoms with E-state index in [2.05, 4.69) is 11.8 Å². The van der Waals surface area contributed by atoms with Crippen LogP contribution in [0.15, 0.2) is 18.2 Å². The number of hydrogen-bond acceptors (Lipinski definition) is 3. The van der Waals surface area contributed by atoms with Crippen molar-refractivity contribution < 1.29 is 5.11 Å². The summed E-state index contributed by atoms with van der Waals surface area (Å²) in [6.45, 7) is 5.69. The van der Waals surface area contributed by atoms with Gasteiger partial charge < -0.3 is 15.7 Å². The van der Waals surface area contributed by atoms with Crippen LogP contribution in [0.3, 0.4) is 0 Å². The van der Waals surface area contributed by atoms with Crippen LogP contribution in [-0.2, 0) is 0 Å². The first-order valence-corrected chi connectivity index (χ1v) is 5.81. The molecule has 1 heterocycles. The Morgan fingerprint density at radius 2 is 2.19 bits per heavy atom. The summed E-state index contributed by atoms with van der Waals surface area (Å²) in [5.74, 6) is 0. The zero-order valence-corrected chi connectivity index (χ0v) is 10.0. The SMILES string of the molecule is Cc1cc(N)ccc1N1CCCC(C)(O)C1. The summed E-state index contributed by atoms with van der Waals surface area (Å²) >= 11 is 0. The van der Waals surface area contributed by atoms with Gasteiger partial charge in [0.2, 0.25) is 0 Å². The molecular weight excluding hydrogens is 200 g/mol. The highest BCUT2D eigenvalue weighted by molar-refractivity contribution is 5.59. The third kappa shape index (κ3) is 2.30. The lowest BCUT2D eigenvalue weighted by atomic mass is 9.94. The molecule has 2 rings (SSSR count). The Kier molecular flexibility index (Phi) is 2.80. The maximum absolute atomic E-state index is 10.1. The van der Waals surface area contributed by atoms with E-state index in [-0.39, 0.29) is 0 Å². The summed E-state index contributed by atoms with van der Waals surface area (Å²) in [6.07, 6.45) is 1.92. The predicted octanol–water partition coefficient (Wildman–Crippen LogP) is 1.93. The van der Waals surface area contributed by atoms with E-state index in [0.29, 0.717) is 6.54 Å². The molecule has 1 aliphatic heterocycles. The first kappa shape index (κ1) is 11.3. The zero-order chi connectivity index (χ0) is 11.8. The van der Waals surface area contributed by atoms with Gasteiger partial charge in [0.05, 0.1) is 5.60 Å². The quantitative estimate of drug-likeness (QED) is 0.711. The first-order chi connectivity index (χ1) is 7.48. The number of aliphatic hydroxyl groups is 1. The highest BCUT2D eigenvalue weighted by atomic mass is 16.3. The Hall–Kier alpha value is -1.22. The molecule has 0 bridgehead atoms. The normalized spacial score (nSPS) is 25.8. The van der Waals surface area contributed by atoms with Crippen LogP contribution in [0.25, 0.3) is 0 Å². The maximum Gasteiger partial charge on any atom is 0.0794 e. The van der Waals surface area contributed by atoms with Gasteiger partial charge in [-0.05, 0) is 50.5 Å². The van der Waals surface area contributed by atoms with Crippen molar-refractivity contribution in [2.24, 2.45) is 0 Å². The minimum atomic E-state index is -0.563. The van der Waals surface area contributed by atoms with E-state index in [0.717, 1.165) is 25.1 Å². The van der Waals surface area contributed by atoms with Crippen molar-refractivity contribution in [3.8, 4) is 0 Å². The van der Waals surface area contributed by atoms with Crippen LogP contribution < -0.4 is 10.6 Å². The van der Waals surface area contributed by atoms with E-state index < -0.39 is 5.60 Å². The van der Waals surface area contributed by atoms with Gasteiger partial charge >= 0.3 is 0 Å². The predicted molar refractivity (Wildman–Crippen MR) is 67.7 cm³/mol. The third-order valence-electron chi connectivity index (χ3n) is 3.24. The second-order valence-electron chi connectivity index (χ2n) is 5.07. The molecule has 0 saturated carbocycles. The molecule has 0 aliphatic carbocycles. The minimum Gasteiger partial charge on any atom is -0.399 e. The van der Waals surface area contributed by atoms with Crippen molar-refractivity contribution in [1.29, 1.82) is 0 Å². The van der Waals surface area contributed by atoms with Crippen LogP contribution >= 0.6 is 0 Å². The van der Waals surface area contributed by atoms with Crippen LogP contribution in [0, 0.1) is 6.92 Å². The van der Waals surface area contributed by atoms with Gasteiger partial charge in [0.1, 0.15) is 0 Å². The summed E-state index contributed by atoms with van der Waals surface area (Å²) in [6, 6.07) is 5.95. The van der Waals surface area contributed by atoms with Gasteiger partial charge in [-0.1, -0.05) is 0 Å². The maximum atomic E-state index is 10.1. The lowest BCUT2D eigenvalue weighted by Gasteiger charge is -2.39. The van der Waals surface area contributed by atoms with Crippen molar-refractivity contribution in [3.63, 3.8) is 0 Å². The van der Waals surface area contributed by atoms with E-state index in [1.165, 1.54) is 11.3 Å². The smallest absolute Gasteiger partial charge is 0.0794 e. The molecule has 0 aromatic heterocycles. The Morgan fingerprint density at radius 1 is 1.44 bits per heavy atom. The van der Waals surface area contributed by atoms with Crippen LogP contribution in [0.5, 0.6) is 0 Å².